The topological polar surface area (TPSA) is 32.7 Å². The van der Waals surface area contributed by atoms with Gasteiger partial charge in [0.2, 0.25) is 0 Å². The highest BCUT2D eigenvalue weighted by atomic mass is 16.5. The summed E-state index contributed by atoms with van der Waals surface area (Å²) < 4.78 is 5.66. The molecule has 3 nitrogen and oxygen atoms in total. The molecule has 23 heavy (non-hydrogen) atoms. The average molecular weight is 313 g/mol. The minimum Gasteiger partial charge on any atom is -0.493 e. The van der Waals surface area contributed by atoms with Crippen molar-refractivity contribution in [3.8, 4) is 5.75 Å². The molecule has 0 aliphatic carbocycles. The predicted octanol–water partition coefficient (Wildman–Crippen LogP) is 4.34. The molecule has 0 bridgehead atoms. The molecule has 0 saturated carbocycles. The molecule has 0 heterocycles. The van der Waals surface area contributed by atoms with Gasteiger partial charge in [-0.3, -0.25) is 0 Å². The quantitative estimate of drug-likeness (QED) is 0.786. The second-order valence-corrected chi connectivity index (χ2v) is 5.69. The smallest absolute Gasteiger partial charge is 0.125 e. The van der Waals surface area contributed by atoms with Crippen LogP contribution < -0.4 is 9.64 Å². The van der Waals surface area contributed by atoms with Crippen LogP contribution in [0.3, 0.4) is 0 Å². The molecule has 1 N–H and O–H groups in total. The van der Waals surface area contributed by atoms with Crippen LogP contribution in [-0.2, 0) is 0 Å². The molecule has 0 aliphatic rings. The first-order chi connectivity index (χ1) is 11.2. The number of hydrogen-bond donors (Lipinski definition) is 1. The van der Waals surface area contributed by atoms with E-state index >= 15 is 0 Å². The zero-order valence-electron chi connectivity index (χ0n) is 14.3. The molecule has 0 fully saturated rings. The fraction of sp³-hybridized carbons (Fsp3) is 0.400. The largest absolute Gasteiger partial charge is 0.493 e. The van der Waals surface area contributed by atoms with Crippen LogP contribution in [0, 0.1) is 6.92 Å². The Morgan fingerprint density at radius 2 is 1.83 bits per heavy atom. The van der Waals surface area contributed by atoms with Crippen molar-refractivity contribution in [3.05, 3.63) is 59.7 Å². The summed E-state index contributed by atoms with van der Waals surface area (Å²) in [7, 11) is 0. The van der Waals surface area contributed by atoms with E-state index in [9.17, 15) is 5.11 Å². The van der Waals surface area contributed by atoms with Gasteiger partial charge < -0.3 is 14.7 Å². The molecule has 0 aromatic heterocycles. The number of nitrogens with zero attached hydrogens (tertiary/aromatic N) is 1. The van der Waals surface area contributed by atoms with Crippen molar-refractivity contribution in [1.29, 1.82) is 0 Å². The number of aliphatic hydroxyl groups excluding tert-OH is 1. The molecule has 124 valence electrons. The van der Waals surface area contributed by atoms with E-state index in [-0.39, 0.29) is 0 Å². The Hall–Kier alpha value is -2.00. The first-order valence-corrected chi connectivity index (χ1v) is 8.37. The summed E-state index contributed by atoms with van der Waals surface area (Å²) in [5.41, 5.74) is 3.21. The maximum atomic E-state index is 10.6. The van der Waals surface area contributed by atoms with Gasteiger partial charge in [0.15, 0.2) is 0 Å². The van der Waals surface area contributed by atoms with Crippen molar-refractivity contribution in [2.45, 2.75) is 33.3 Å². The van der Waals surface area contributed by atoms with Gasteiger partial charge in [0.05, 0.1) is 12.7 Å². The van der Waals surface area contributed by atoms with Crippen LogP contribution in [0.2, 0.25) is 0 Å². The van der Waals surface area contributed by atoms with Crippen molar-refractivity contribution in [2.75, 3.05) is 24.6 Å². The Morgan fingerprint density at radius 3 is 2.48 bits per heavy atom. The van der Waals surface area contributed by atoms with Crippen LogP contribution in [0.25, 0.3) is 0 Å². The lowest BCUT2D eigenvalue weighted by atomic mass is 10.0. The first-order valence-electron chi connectivity index (χ1n) is 8.37. The number of para-hydroxylation sites is 1. The van der Waals surface area contributed by atoms with E-state index in [0.717, 1.165) is 30.0 Å². The number of aryl methyl sites for hydroxylation is 1. The molecule has 3 heteroatoms. The van der Waals surface area contributed by atoms with Gasteiger partial charge in [-0.1, -0.05) is 29.8 Å². The lowest BCUT2D eigenvalue weighted by molar-refractivity contribution is 0.163. The zero-order valence-corrected chi connectivity index (χ0v) is 14.3. The maximum absolute atomic E-state index is 10.6. The molecular weight excluding hydrogens is 286 g/mol. The summed E-state index contributed by atoms with van der Waals surface area (Å²) in [6, 6.07) is 16.3. The number of aliphatic hydroxyl groups is 1. The van der Waals surface area contributed by atoms with Crippen LogP contribution in [-0.4, -0.2) is 24.8 Å². The minimum absolute atomic E-state index is 0.519. The standard InChI is InChI=1S/C20H27NO2/c1-4-21(17-9-7-6-8-10-17)14-13-19(22)18-15-16(3)11-12-20(18)23-5-2/h6-12,15,19,22H,4-5,13-14H2,1-3H3. The van der Waals surface area contributed by atoms with Gasteiger partial charge in [-0.2, -0.15) is 0 Å². The van der Waals surface area contributed by atoms with E-state index in [4.69, 9.17) is 4.74 Å². The number of benzene rings is 2. The van der Waals surface area contributed by atoms with Crippen molar-refractivity contribution in [1.82, 2.24) is 0 Å². The van der Waals surface area contributed by atoms with E-state index < -0.39 is 6.10 Å². The molecule has 0 aliphatic heterocycles. The van der Waals surface area contributed by atoms with Gasteiger partial charge in [0, 0.05) is 24.3 Å². The molecule has 0 amide bonds. The Labute approximate surface area is 139 Å². The summed E-state index contributed by atoms with van der Waals surface area (Å²) in [5, 5.41) is 10.6. The first kappa shape index (κ1) is 17.4. The van der Waals surface area contributed by atoms with Gasteiger partial charge in [-0.05, 0) is 51.5 Å². The second kappa shape index (κ2) is 8.59. The van der Waals surface area contributed by atoms with Crippen molar-refractivity contribution in [2.24, 2.45) is 0 Å². The fourth-order valence-corrected chi connectivity index (χ4v) is 2.76. The highest BCUT2D eigenvalue weighted by molar-refractivity contribution is 5.46. The summed E-state index contributed by atoms with van der Waals surface area (Å²) in [5.74, 6) is 0.786. The van der Waals surface area contributed by atoms with Crippen molar-refractivity contribution in [3.63, 3.8) is 0 Å². The molecular formula is C20H27NO2. The predicted molar refractivity (Wildman–Crippen MR) is 96.3 cm³/mol. The Kier molecular flexibility index (Phi) is 6.48. The second-order valence-electron chi connectivity index (χ2n) is 5.69. The summed E-state index contributed by atoms with van der Waals surface area (Å²) in [4.78, 5) is 2.28. The summed E-state index contributed by atoms with van der Waals surface area (Å²) in [6.07, 6.45) is 0.154. The molecule has 0 radical (unpaired) electrons. The van der Waals surface area contributed by atoms with E-state index in [0.29, 0.717) is 13.0 Å². The number of hydrogen-bond acceptors (Lipinski definition) is 3. The highest BCUT2D eigenvalue weighted by Gasteiger charge is 2.15. The van der Waals surface area contributed by atoms with Crippen LogP contribution in [0.15, 0.2) is 48.5 Å². The third-order valence-corrected chi connectivity index (χ3v) is 4.00. The summed E-state index contributed by atoms with van der Waals surface area (Å²) in [6.45, 7) is 8.47. The molecule has 0 saturated heterocycles. The Bertz CT molecular complexity index is 598. The molecule has 2 aromatic carbocycles. The number of rotatable bonds is 8. The third-order valence-electron chi connectivity index (χ3n) is 4.00. The minimum atomic E-state index is -0.519. The average Bonchev–Trinajstić information content (AvgIpc) is 2.58. The van der Waals surface area contributed by atoms with Gasteiger partial charge in [0.25, 0.3) is 0 Å². The number of ether oxygens (including phenoxy) is 1. The van der Waals surface area contributed by atoms with Gasteiger partial charge in [0.1, 0.15) is 5.75 Å². The third kappa shape index (κ3) is 4.73. The number of anilines is 1. The lowest BCUT2D eigenvalue weighted by Crippen LogP contribution is -2.25. The van der Waals surface area contributed by atoms with Crippen LogP contribution in [0.4, 0.5) is 5.69 Å². The van der Waals surface area contributed by atoms with Crippen molar-refractivity contribution < 1.29 is 9.84 Å². The normalized spacial score (nSPS) is 12.0. The lowest BCUT2D eigenvalue weighted by Gasteiger charge is -2.25. The fourth-order valence-electron chi connectivity index (χ4n) is 2.76. The van der Waals surface area contributed by atoms with E-state index in [1.165, 1.54) is 5.69 Å². The van der Waals surface area contributed by atoms with Gasteiger partial charge >= 0.3 is 0 Å². The maximum Gasteiger partial charge on any atom is 0.125 e. The van der Waals surface area contributed by atoms with E-state index in [2.05, 4.69) is 24.0 Å². The van der Waals surface area contributed by atoms with Gasteiger partial charge in [-0.15, -0.1) is 0 Å². The monoisotopic (exact) mass is 313 g/mol. The van der Waals surface area contributed by atoms with Crippen LogP contribution in [0.1, 0.15) is 37.5 Å². The molecule has 2 aromatic rings. The molecule has 1 unspecified atom stereocenters. The Morgan fingerprint density at radius 1 is 1.09 bits per heavy atom. The summed E-state index contributed by atoms with van der Waals surface area (Å²) >= 11 is 0. The van der Waals surface area contributed by atoms with E-state index in [1.807, 2.05) is 50.2 Å². The van der Waals surface area contributed by atoms with Gasteiger partial charge in [-0.25, -0.2) is 0 Å². The van der Waals surface area contributed by atoms with Crippen LogP contribution >= 0.6 is 0 Å². The molecule has 0 spiro atoms. The van der Waals surface area contributed by atoms with Crippen molar-refractivity contribution >= 4 is 5.69 Å². The zero-order chi connectivity index (χ0) is 16.7. The molecule has 1 atom stereocenters. The SMILES string of the molecule is CCOc1ccc(C)cc1C(O)CCN(CC)c1ccccc1. The Balaban J connectivity index is 2.06. The highest BCUT2D eigenvalue weighted by Crippen LogP contribution is 2.29. The molecule has 2 rings (SSSR count). The van der Waals surface area contributed by atoms with E-state index in [1.54, 1.807) is 0 Å². The van der Waals surface area contributed by atoms with Crippen LogP contribution in [0.5, 0.6) is 5.75 Å².